The first-order chi connectivity index (χ1) is 17.4. The third kappa shape index (κ3) is 6.38. The van der Waals surface area contributed by atoms with Gasteiger partial charge in [-0.1, -0.05) is 41.4 Å². The Morgan fingerprint density at radius 2 is 1.50 bits per heavy atom. The van der Waals surface area contributed by atoms with Gasteiger partial charge in [0.05, 0.1) is 32.6 Å². The van der Waals surface area contributed by atoms with Crippen molar-refractivity contribution < 1.29 is 14.5 Å². The zero-order valence-electron chi connectivity index (χ0n) is 18.4. The van der Waals surface area contributed by atoms with Crippen molar-refractivity contribution in [1.82, 2.24) is 0 Å². The molecule has 0 unspecified atom stereocenters. The highest BCUT2D eigenvalue weighted by Gasteiger charge is 2.21. The van der Waals surface area contributed by atoms with Gasteiger partial charge in [-0.25, -0.2) is 4.79 Å². The molecule has 0 aliphatic carbocycles. The van der Waals surface area contributed by atoms with Gasteiger partial charge in [-0.2, -0.15) is 10.2 Å². The van der Waals surface area contributed by atoms with Crippen LogP contribution in [0.15, 0.2) is 106 Å². The van der Waals surface area contributed by atoms with E-state index < -0.39 is 16.6 Å². The van der Waals surface area contributed by atoms with Crippen molar-refractivity contribution in [1.29, 1.82) is 0 Å². The molecule has 0 aliphatic rings. The Morgan fingerprint density at radius 1 is 0.833 bits per heavy atom. The molecule has 178 valence electrons. The monoisotopic (exact) mass is 518 g/mol. The van der Waals surface area contributed by atoms with Crippen LogP contribution < -0.4 is 4.74 Å². The van der Waals surface area contributed by atoms with Gasteiger partial charge in [0.25, 0.3) is 0 Å². The van der Waals surface area contributed by atoms with Crippen LogP contribution in [0.25, 0.3) is 0 Å². The van der Waals surface area contributed by atoms with Crippen molar-refractivity contribution in [3.63, 3.8) is 0 Å². The summed E-state index contributed by atoms with van der Waals surface area (Å²) < 4.78 is 5.23. The fourth-order valence-electron chi connectivity index (χ4n) is 3.02. The van der Waals surface area contributed by atoms with Crippen molar-refractivity contribution in [2.45, 2.75) is 0 Å². The number of azo groups is 1. The molecule has 0 atom stereocenters. The van der Waals surface area contributed by atoms with Crippen molar-refractivity contribution in [3.05, 3.63) is 122 Å². The maximum absolute atomic E-state index is 12.5. The zero-order valence-corrected chi connectivity index (χ0v) is 19.9. The van der Waals surface area contributed by atoms with E-state index in [9.17, 15) is 14.9 Å². The van der Waals surface area contributed by atoms with Gasteiger partial charge >= 0.3 is 11.7 Å². The van der Waals surface area contributed by atoms with E-state index in [0.29, 0.717) is 22.0 Å². The third-order valence-corrected chi connectivity index (χ3v) is 5.33. The van der Waals surface area contributed by atoms with Gasteiger partial charge in [0, 0.05) is 17.3 Å². The van der Waals surface area contributed by atoms with Gasteiger partial charge in [-0.15, -0.1) is 0 Å². The van der Waals surface area contributed by atoms with Gasteiger partial charge < -0.3 is 4.74 Å². The molecule has 0 aliphatic heterocycles. The van der Waals surface area contributed by atoms with Crippen LogP contribution in [-0.4, -0.2) is 17.1 Å². The number of nitrogens with zero attached hydrogens (tertiary/aromatic N) is 4. The van der Waals surface area contributed by atoms with E-state index in [1.807, 2.05) is 30.3 Å². The minimum atomic E-state index is -0.842. The topological polar surface area (TPSA) is 107 Å². The highest BCUT2D eigenvalue weighted by molar-refractivity contribution is 6.36. The standard InChI is InChI=1S/C26H16Cl2N4O4/c27-18-7-12-22(23(28)15-18)26(33)36-25-13-6-17(14-24(25)32(34)35)16-29-19-8-10-21(11-9-19)31-30-20-4-2-1-3-5-20/h1-16H. The number of ether oxygens (including phenoxy) is 1. The molecule has 0 radical (unpaired) electrons. The molecule has 4 aromatic carbocycles. The quantitative estimate of drug-likeness (QED) is 0.0611. The first kappa shape index (κ1) is 24.7. The second-order valence-corrected chi connectivity index (χ2v) is 8.15. The molecule has 0 saturated carbocycles. The van der Waals surface area contributed by atoms with Crippen LogP contribution in [0.1, 0.15) is 15.9 Å². The summed E-state index contributed by atoms with van der Waals surface area (Å²) in [6.07, 6.45) is 1.47. The lowest BCUT2D eigenvalue weighted by Gasteiger charge is -2.07. The average molecular weight is 519 g/mol. The predicted octanol–water partition coefficient (Wildman–Crippen LogP) is 8.29. The van der Waals surface area contributed by atoms with Crippen molar-refractivity contribution in [2.24, 2.45) is 15.2 Å². The molecule has 0 spiro atoms. The molecule has 0 aromatic heterocycles. The molecule has 8 nitrogen and oxygen atoms in total. The first-order valence-corrected chi connectivity index (χ1v) is 11.2. The molecular weight excluding hydrogens is 503 g/mol. The normalized spacial score (nSPS) is 11.2. The van der Waals surface area contributed by atoms with Gasteiger partial charge in [-0.05, 0) is 72.3 Å². The fraction of sp³-hybridized carbons (Fsp3) is 0. The van der Waals surface area contributed by atoms with Gasteiger partial charge in [0.2, 0.25) is 5.75 Å². The highest BCUT2D eigenvalue weighted by Crippen LogP contribution is 2.30. The number of rotatable bonds is 7. The van der Waals surface area contributed by atoms with E-state index in [-0.39, 0.29) is 16.3 Å². The number of nitro benzene ring substituents is 1. The van der Waals surface area contributed by atoms with Gasteiger partial charge in [0.1, 0.15) is 0 Å². The summed E-state index contributed by atoms with van der Waals surface area (Å²) in [5, 5.41) is 20.3. The third-order valence-electron chi connectivity index (χ3n) is 4.78. The molecular formula is C26H16Cl2N4O4. The molecule has 4 rings (SSSR count). The molecule has 0 heterocycles. The van der Waals surface area contributed by atoms with Crippen LogP contribution >= 0.6 is 23.2 Å². The summed E-state index contributed by atoms with van der Waals surface area (Å²) in [7, 11) is 0. The van der Waals surface area contributed by atoms with Crippen molar-refractivity contribution in [2.75, 3.05) is 0 Å². The number of esters is 1. The molecule has 36 heavy (non-hydrogen) atoms. The van der Waals surface area contributed by atoms with Gasteiger partial charge in [-0.3, -0.25) is 15.1 Å². The number of carbonyl (C=O) groups is 1. The Bertz CT molecular complexity index is 1470. The highest BCUT2D eigenvalue weighted by atomic mass is 35.5. The molecule has 0 fully saturated rings. The number of nitro groups is 1. The Hall–Kier alpha value is -4.40. The van der Waals surface area contributed by atoms with E-state index in [1.165, 1.54) is 36.5 Å². The number of hydrogen-bond acceptors (Lipinski definition) is 7. The minimum Gasteiger partial charge on any atom is -0.416 e. The average Bonchev–Trinajstić information content (AvgIpc) is 2.88. The van der Waals surface area contributed by atoms with Crippen molar-refractivity contribution in [3.8, 4) is 5.75 Å². The molecule has 4 aromatic rings. The smallest absolute Gasteiger partial charge is 0.345 e. The maximum Gasteiger partial charge on any atom is 0.345 e. The number of carbonyl (C=O) groups excluding carboxylic acids is 1. The maximum atomic E-state index is 12.5. The first-order valence-electron chi connectivity index (χ1n) is 10.5. The molecule has 0 bridgehead atoms. The van der Waals surface area contributed by atoms with Crippen LogP contribution in [0, 0.1) is 10.1 Å². The second kappa shape index (κ2) is 11.4. The number of aliphatic imine (C=N–C) groups is 1. The van der Waals surface area contributed by atoms with Crippen LogP contribution in [0.3, 0.4) is 0 Å². The summed E-state index contributed by atoms with van der Waals surface area (Å²) in [5.74, 6) is -1.06. The molecule has 0 N–H and O–H groups in total. The Balaban J connectivity index is 1.47. The summed E-state index contributed by atoms with van der Waals surface area (Å²) in [6, 6.07) is 24.7. The fourth-order valence-corrected chi connectivity index (χ4v) is 3.50. The van der Waals surface area contributed by atoms with Crippen LogP contribution in [0.4, 0.5) is 22.7 Å². The van der Waals surface area contributed by atoms with E-state index in [0.717, 1.165) is 5.69 Å². The summed E-state index contributed by atoms with van der Waals surface area (Å²) >= 11 is 11.9. The van der Waals surface area contributed by atoms with Crippen molar-refractivity contribution >= 4 is 58.1 Å². The lowest BCUT2D eigenvalue weighted by atomic mass is 10.2. The largest absolute Gasteiger partial charge is 0.416 e. The lowest BCUT2D eigenvalue weighted by Crippen LogP contribution is -2.10. The van der Waals surface area contributed by atoms with Crippen LogP contribution in [-0.2, 0) is 0 Å². The number of benzene rings is 4. The molecule has 10 heteroatoms. The lowest BCUT2D eigenvalue weighted by molar-refractivity contribution is -0.385. The van der Waals surface area contributed by atoms with E-state index >= 15 is 0 Å². The molecule has 0 saturated heterocycles. The van der Waals surface area contributed by atoms with Crippen LogP contribution in [0.5, 0.6) is 5.75 Å². The summed E-state index contributed by atoms with van der Waals surface area (Å²) in [6.45, 7) is 0. The summed E-state index contributed by atoms with van der Waals surface area (Å²) in [5.41, 5.74) is 2.09. The Morgan fingerprint density at radius 3 is 2.17 bits per heavy atom. The van der Waals surface area contributed by atoms with E-state index in [4.69, 9.17) is 27.9 Å². The minimum absolute atomic E-state index is 0.0350. The van der Waals surface area contributed by atoms with E-state index in [1.54, 1.807) is 30.3 Å². The number of halogens is 2. The Kier molecular flexibility index (Phi) is 7.79. The second-order valence-electron chi connectivity index (χ2n) is 7.31. The SMILES string of the molecule is O=C(Oc1ccc(C=Nc2ccc(N=Nc3ccccc3)cc2)cc1[N+](=O)[O-])c1ccc(Cl)cc1Cl. The summed E-state index contributed by atoms with van der Waals surface area (Å²) in [4.78, 5) is 27.7. The van der Waals surface area contributed by atoms with Crippen LogP contribution in [0.2, 0.25) is 10.0 Å². The van der Waals surface area contributed by atoms with Gasteiger partial charge in [0.15, 0.2) is 0 Å². The van der Waals surface area contributed by atoms with E-state index in [2.05, 4.69) is 15.2 Å². The predicted molar refractivity (Wildman–Crippen MR) is 139 cm³/mol. The zero-order chi connectivity index (χ0) is 25.5. The Labute approximate surface area is 215 Å². The number of hydrogen-bond donors (Lipinski definition) is 0. The molecule has 0 amide bonds.